The number of nitrogens with two attached hydrogens (primary N) is 1. The van der Waals surface area contributed by atoms with Crippen LogP contribution in [0.1, 0.15) is 34.6 Å². The minimum Gasteiger partial charge on any atom is -0.442 e. The van der Waals surface area contributed by atoms with Crippen LogP contribution in [0.25, 0.3) is 0 Å². The Morgan fingerprint density at radius 1 is 1.43 bits per heavy atom. The standard InChI is InChI=1S/C14H24N2O5/c1-13(2,3)21-12(17)16-18-9-11-10(7-6-8-15)19-14(4,5)20-11/h7-8,10-11H,9,15H2,1-5H3,(H,16,17)/t6?,10-,11?/m1/s1. The van der Waals surface area contributed by atoms with Crippen molar-refractivity contribution in [1.29, 1.82) is 0 Å². The molecule has 0 aliphatic carbocycles. The van der Waals surface area contributed by atoms with E-state index in [0.717, 1.165) is 0 Å². The first-order valence-electron chi connectivity index (χ1n) is 6.72. The molecule has 0 aromatic carbocycles. The highest BCUT2D eigenvalue weighted by Crippen LogP contribution is 2.28. The van der Waals surface area contributed by atoms with E-state index in [1.807, 2.05) is 0 Å². The molecule has 1 amide bonds. The van der Waals surface area contributed by atoms with Crippen LogP contribution in [-0.4, -0.2) is 36.3 Å². The van der Waals surface area contributed by atoms with Gasteiger partial charge in [0.05, 0.1) is 0 Å². The van der Waals surface area contributed by atoms with Gasteiger partial charge in [0.2, 0.25) is 0 Å². The van der Waals surface area contributed by atoms with Crippen LogP contribution in [0.5, 0.6) is 0 Å². The molecular formula is C14H24N2O5. The first kappa shape index (κ1) is 17.5. The van der Waals surface area contributed by atoms with Gasteiger partial charge < -0.3 is 19.9 Å². The summed E-state index contributed by atoms with van der Waals surface area (Å²) >= 11 is 0. The highest BCUT2D eigenvalue weighted by molar-refractivity contribution is 5.66. The first-order valence-corrected chi connectivity index (χ1v) is 6.72. The summed E-state index contributed by atoms with van der Waals surface area (Å²) in [6.07, 6.45) is 1.53. The molecule has 0 aromatic rings. The predicted molar refractivity (Wildman–Crippen MR) is 76.0 cm³/mol. The second-order valence-corrected chi connectivity index (χ2v) is 6.05. The minimum absolute atomic E-state index is 0.107. The van der Waals surface area contributed by atoms with Gasteiger partial charge in [0.1, 0.15) is 24.4 Å². The number of carbonyl (C=O) groups is 1. The molecule has 0 radical (unpaired) electrons. The van der Waals surface area contributed by atoms with Gasteiger partial charge in [0, 0.05) is 6.20 Å². The third-order valence-corrected chi connectivity index (χ3v) is 2.38. The summed E-state index contributed by atoms with van der Waals surface area (Å²) in [5, 5.41) is 0. The van der Waals surface area contributed by atoms with Crippen LogP contribution in [-0.2, 0) is 19.0 Å². The molecule has 2 atom stereocenters. The van der Waals surface area contributed by atoms with E-state index in [0.29, 0.717) is 0 Å². The van der Waals surface area contributed by atoms with Gasteiger partial charge in [0.25, 0.3) is 0 Å². The van der Waals surface area contributed by atoms with Crippen LogP contribution in [0.4, 0.5) is 4.79 Å². The number of hydrogen-bond acceptors (Lipinski definition) is 6. The van der Waals surface area contributed by atoms with E-state index in [2.05, 4.69) is 11.2 Å². The van der Waals surface area contributed by atoms with Gasteiger partial charge >= 0.3 is 6.09 Å². The number of hydroxylamine groups is 1. The molecule has 1 aliphatic heterocycles. The van der Waals surface area contributed by atoms with Crippen molar-refractivity contribution < 1.29 is 23.8 Å². The van der Waals surface area contributed by atoms with Crippen molar-refractivity contribution in [2.75, 3.05) is 6.61 Å². The summed E-state index contributed by atoms with van der Waals surface area (Å²) in [4.78, 5) is 16.6. The zero-order valence-electron chi connectivity index (χ0n) is 13.1. The molecule has 1 heterocycles. The molecule has 1 unspecified atom stereocenters. The fraction of sp³-hybridized carbons (Fsp3) is 0.714. The van der Waals surface area contributed by atoms with Crippen LogP contribution in [0, 0.1) is 0 Å². The Kier molecular flexibility index (Phi) is 5.80. The normalized spacial score (nSPS) is 24.0. The molecule has 3 N–H and O–H groups in total. The maximum absolute atomic E-state index is 11.4. The van der Waals surface area contributed by atoms with Crippen molar-refractivity contribution in [2.45, 2.75) is 58.2 Å². The zero-order chi connectivity index (χ0) is 16.1. The van der Waals surface area contributed by atoms with Crippen molar-refractivity contribution in [3.05, 3.63) is 18.0 Å². The largest absolute Gasteiger partial charge is 0.442 e. The van der Waals surface area contributed by atoms with Gasteiger partial charge in [-0.25, -0.2) is 4.79 Å². The third kappa shape index (κ3) is 6.64. The summed E-state index contributed by atoms with van der Waals surface area (Å²) < 4.78 is 16.4. The van der Waals surface area contributed by atoms with Crippen molar-refractivity contribution in [3.63, 3.8) is 0 Å². The summed E-state index contributed by atoms with van der Waals surface area (Å²) in [7, 11) is 0. The number of hydrogen-bond donors (Lipinski definition) is 2. The van der Waals surface area contributed by atoms with Crippen molar-refractivity contribution in [2.24, 2.45) is 5.73 Å². The van der Waals surface area contributed by atoms with Crippen LogP contribution >= 0.6 is 0 Å². The Morgan fingerprint density at radius 3 is 2.67 bits per heavy atom. The maximum Gasteiger partial charge on any atom is 0.431 e. The summed E-state index contributed by atoms with van der Waals surface area (Å²) in [5.41, 5.74) is 9.62. The van der Waals surface area contributed by atoms with Crippen molar-refractivity contribution in [3.8, 4) is 0 Å². The Labute approximate surface area is 125 Å². The number of ether oxygens (including phenoxy) is 3. The quantitative estimate of drug-likeness (QED) is 0.605. The maximum atomic E-state index is 11.4. The lowest BCUT2D eigenvalue weighted by atomic mass is 10.2. The molecule has 0 saturated carbocycles. The highest BCUT2D eigenvalue weighted by Gasteiger charge is 2.40. The zero-order valence-corrected chi connectivity index (χ0v) is 13.1. The third-order valence-electron chi connectivity index (χ3n) is 2.38. The molecule has 0 bridgehead atoms. The van der Waals surface area contributed by atoms with Crippen LogP contribution < -0.4 is 11.2 Å². The molecule has 1 saturated heterocycles. The number of nitrogens with one attached hydrogen (secondary N) is 1. The van der Waals surface area contributed by atoms with Gasteiger partial charge in [-0.1, -0.05) is 0 Å². The summed E-state index contributed by atoms with van der Waals surface area (Å²) in [6.45, 7) is 8.99. The van der Waals surface area contributed by atoms with Crippen LogP contribution in [0.2, 0.25) is 0 Å². The summed E-state index contributed by atoms with van der Waals surface area (Å²) in [5.74, 6) is -0.739. The van der Waals surface area contributed by atoms with Gasteiger partial charge in [-0.05, 0) is 40.7 Å². The topological polar surface area (TPSA) is 92.0 Å². The highest BCUT2D eigenvalue weighted by atomic mass is 16.8. The van der Waals surface area contributed by atoms with E-state index in [9.17, 15) is 4.79 Å². The lowest BCUT2D eigenvalue weighted by molar-refractivity contribution is -0.151. The molecule has 7 nitrogen and oxygen atoms in total. The number of rotatable bonds is 4. The Bertz CT molecular complexity index is 422. The second-order valence-electron chi connectivity index (χ2n) is 6.05. The lowest BCUT2D eigenvalue weighted by Gasteiger charge is -2.20. The molecule has 21 heavy (non-hydrogen) atoms. The predicted octanol–water partition coefficient (Wildman–Crippen LogP) is 1.59. The average molecular weight is 300 g/mol. The van der Waals surface area contributed by atoms with Gasteiger partial charge in [0.15, 0.2) is 5.79 Å². The molecule has 0 aromatic heterocycles. The molecule has 1 fully saturated rings. The van der Waals surface area contributed by atoms with Gasteiger partial charge in [-0.3, -0.25) is 4.84 Å². The fourth-order valence-electron chi connectivity index (χ4n) is 1.77. The van der Waals surface area contributed by atoms with E-state index < -0.39 is 17.5 Å². The number of amides is 1. The molecule has 1 aliphatic rings. The van der Waals surface area contributed by atoms with E-state index >= 15 is 0 Å². The Hall–Kier alpha value is -1.53. The minimum atomic E-state index is -0.739. The first-order chi connectivity index (χ1) is 9.63. The second kappa shape index (κ2) is 6.95. The smallest absolute Gasteiger partial charge is 0.431 e. The lowest BCUT2D eigenvalue weighted by Crippen LogP contribution is -2.36. The van der Waals surface area contributed by atoms with Crippen LogP contribution in [0.3, 0.4) is 0 Å². The molecule has 120 valence electrons. The number of carbonyl (C=O) groups excluding carboxylic acids is 1. The van der Waals surface area contributed by atoms with Gasteiger partial charge in [-0.2, -0.15) is 5.48 Å². The molecule has 1 rings (SSSR count). The molecule has 0 spiro atoms. The molecule has 7 heteroatoms. The summed E-state index contributed by atoms with van der Waals surface area (Å²) in [6, 6.07) is 0. The van der Waals surface area contributed by atoms with Crippen molar-refractivity contribution in [1.82, 2.24) is 5.48 Å². The van der Waals surface area contributed by atoms with Crippen molar-refractivity contribution >= 4 is 6.09 Å². The fourth-order valence-corrected chi connectivity index (χ4v) is 1.77. The SMILES string of the molecule is CC(C)(C)OC(=O)NOCC1OC(C)(C)O[C@@H]1C=C=CN. The van der Waals surface area contributed by atoms with Gasteiger partial charge in [-0.15, -0.1) is 5.73 Å². The van der Waals surface area contributed by atoms with Crippen LogP contribution in [0.15, 0.2) is 18.0 Å². The van der Waals surface area contributed by atoms with E-state index in [1.54, 1.807) is 40.7 Å². The Morgan fingerprint density at radius 2 is 2.10 bits per heavy atom. The van der Waals surface area contributed by atoms with E-state index in [1.165, 1.54) is 6.20 Å². The monoisotopic (exact) mass is 300 g/mol. The van der Waals surface area contributed by atoms with E-state index in [-0.39, 0.29) is 18.8 Å². The van der Waals surface area contributed by atoms with E-state index in [4.69, 9.17) is 24.8 Å². The molecular weight excluding hydrogens is 276 g/mol. The Balaban J connectivity index is 2.46. The average Bonchev–Trinajstić information content (AvgIpc) is 2.59.